The zero-order valence-corrected chi connectivity index (χ0v) is 55.3. The standard InChI is InChI=1S/C27H21F2N7O2.C23H19F2N7O.C21H13F6N7O/c1-27(15-38-14-16-7-3-2-4-8-16)22-24(32-26(27)37)31-23(34-33-22)21-19-11-18(28)12-30-25(19)36(35-21)13-17-9-5-6-10-20(17)29;1-23(9-12-6-7-12)18-20(28-22(23)33)27-19(30-29-18)17-15-8-14(24)10-26-21(15)32(31-17)11-13-4-2-3-5-16(13)25;22-13-6-2-1-4-10(13)9-34-17-11(5-3-7-29-17)14(33-34)16-30-8-12-15(31-16)32-18(35)19(12,28)20(23,24)21(25,26)27/h2-12H,13-15H2,1H3,(H,31,32,34,37);2-5,8,10,12H,6-7,9,11H2,1H3,(H,27,28,30,33);1-8H,9,28H2,(H,30,31,32,35). The SMILES string of the molecule is CC1(CC2CC2)C(=O)Nc2nc(-c3nn(Cc4ccccc4F)c4ncc(F)cc34)nnc21.CC1(COCc2ccccc2)C(=O)Nc2nc(-c3nn(Cc4ccccc4F)c4ncc(F)cc34)nnc21.NC1(C(F)(F)C(F)(F)F)C(=O)Nc2nc(-c3nn(Cc4ccccc4F)c4ncccc34)ncc21. The van der Waals surface area contributed by atoms with Crippen LogP contribution in [-0.4, -0.2) is 121 Å². The van der Waals surface area contributed by atoms with Gasteiger partial charge in [0.2, 0.25) is 23.5 Å². The van der Waals surface area contributed by atoms with Crippen molar-refractivity contribution in [2.24, 2.45) is 11.7 Å². The van der Waals surface area contributed by atoms with Gasteiger partial charge in [0, 0.05) is 34.6 Å². The van der Waals surface area contributed by atoms with Gasteiger partial charge in [-0.2, -0.15) is 37.2 Å². The molecule has 1 saturated carbocycles. The van der Waals surface area contributed by atoms with Gasteiger partial charge in [0.05, 0.1) is 66.8 Å². The molecule has 0 spiro atoms. The van der Waals surface area contributed by atoms with Gasteiger partial charge in [-0.1, -0.05) is 97.8 Å². The van der Waals surface area contributed by atoms with Crippen LogP contribution in [0.4, 0.5) is 61.4 Å². The lowest BCUT2D eigenvalue weighted by Gasteiger charge is -2.32. The van der Waals surface area contributed by atoms with Gasteiger partial charge in [-0.05, 0) is 74.2 Å². The molecule has 3 amide bonds. The largest absolute Gasteiger partial charge is 0.456 e. The van der Waals surface area contributed by atoms with Gasteiger partial charge in [-0.3, -0.25) is 14.4 Å². The molecule has 4 aliphatic rings. The van der Waals surface area contributed by atoms with Crippen molar-refractivity contribution in [3.63, 3.8) is 0 Å². The first-order valence-electron chi connectivity index (χ1n) is 32.5. The molecule has 536 valence electrons. The molecule has 13 aromatic rings. The molecule has 12 heterocycles. The molecule has 1 fully saturated rings. The molecule has 35 heteroatoms. The summed E-state index contributed by atoms with van der Waals surface area (Å²) in [5.74, 6) is -9.73. The number of hydrogen-bond donors (Lipinski definition) is 4. The van der Waals surface area contributed by atoms with E-state index >= 15 is 0 Å². The van der Waals surface area contributed by atoms with Gasteiger partial charge < -0.3 is 26.4 Å². The Morgan fingerprint density at radius 1 is 0.509 bits per heavy atom. The Hall–Kier alpha value is -12.5. The number of benzene rings is 4. The fourth-order valence-electron chi connectivity index (χ4n) is 12.7. The molecule has 1 aliphatic carbocycles. The van der Waals surface area contributed by atoms with E-state index in [0.29, 0.717) is 92.1 Å². The molecule has 3 aliphatic heterocycles. The fourth-order valence-corrected chi connectivity index (χ4v) is 12.7. The predicted molar refractivity (Wildman–Crippen MR) is 359 cm³/mol. The molecule has 0 bridgehead atoms. The number of nitrogens with zero attached hydrogens (tertiary/aromatic N) is 17. The van der Waals surface area contributed by atoms with Crippen LogP contribution in [0.2, 0.25) is 0 Å². The van der Waals surface area contributed by atoms with Crippen molar-refractivity contribution < 1.29 is 63.0 Å². The Morgan fingerprint density at radius 3 is 1.46 bits per heavy atom. The van der Waals surface area contributed by atoms with Crippen molar-refractivity contribution in [3.05, 3.63) is 220 Å². The molecule has 17 rings (SSSR count). The van der Waals surface area contributed by atoms with Gasteiger partial charge >= 0.3 is 12.1 Å². The number of ether oxygens (including phenoxy) is 1. The number of carbonyl (C=O) groups is 3. The molecule has 5 N–H and O–H groups in total. The third-order valence-electron chi connectivity index (χ3n) is 18.5. The molecule has 0 radical (unpaired) electrons. The molecule has 4 aromatic carbocycles. The summed E-state index contributed by atoms with van der Waals surface area (Å²) < 4.78 is 149. The van der Waals surface area contributed by atoms with E-state index in [1.807, 2.05) is 42.6 Å². The van der Waals surface area contributed by atoms with E-state index in [2.05, 4.69) is 81.2 Å². The summed E-state index contributed by atoms with van der Waals surface area (Å²) >= 11 is 0. The minimum Gasteiger partial charge on any atom is -0.375 e. The summed E-state index contributed by atoms with van der Waals surface area (Å²) in [6, 6.07) is 34.0. The Labute approximate surface area is 590 Å². The highest BCUT2D eigenvalue weighted by molar-refractivity contribution is 6.07. The number of hydrogen-bond acceptors (Lipinski definition) is 19. The maximum atomic E-state index is 14.3. The van der Waals surface area contributed by atoms with E-state index in [1.54, 1.807) is 67.6 Å². The second-order valence-electron chi connectivity index (χ2n) is 25.9. The van der Waals surface area contributed by atoms with Gasteiger partial charge in [-0.15, -0.1) is 20.4 Å². The average molecular weight is 1450 g/mol. The number of rotatable bonds is 16. The minimum absolute atomic E-state index is 0.0222. The smallest absolute Gasteiger partial charge is 0.375 e. The molecule has 3 unspecified atom stereocenters. The number of fused-ring (bicyclic) bond motifs is 6. The van der Waals surface area contributed by atoms with Crippen molar-refractivity contribution in [1.29, 1.82) is 0 Å². The van der Waals surface area contributed by atoms with E-state index in [4.69, 9.17) is 10.5 Å². The number of halogens is 10. The van der Waals surface area contributed by atoms with Gasteiger partial charge in [0.15, 0.2) is 39.9 Å². The van der Waals surface area contributed by atoms with E-state index in [0.717, 1.165) is 30.8 Å². The Morgan fingerprint density at radius 2 is 0.962 bits per heavy atom. The first kappa shape index (κ1) is 69.2. The van der Waals surface area contributed by atoms with Crippen molar-refractivity contribution in [1.82, 2.24) is 84.6 Å². The number of pyridine rings is 3. The normalized spacial score (nSPS) is 18.0. The highest BCUT2D eigenvalue weighted by atomic mass is 19.4. The quantitative estimate of drug-likeness (QED) is 0.0653. The first-order valence-corrected chi connectivity index (χ1v) is 32.5. The fraction of sp³-hybridized carbons (Fsp3) is 0.225. The molecule has 25 nitrogen and oxygen atoms in total. The first-order chi connectivity index (χ1) is 50.8. The highest BCUT2D eigenvalue weighted by Gasteiger charge is 2.75. The maximum Gasteiger partial charge on any atom is 0.456 e. The van der Waals surface area contributed by atoms with Crippen LogP contribution in [0, 0.1) is 35.0 Å². The minimum atomic E-state index is -6.10. The summed E-state index contributed by atoms with van der Waals surface area (Å²) in [5.41, 5.74) is 3.31. The third kappa shape index (κ3) is 12.4. The summed E-state index contributed by atoms with van der Waals surface area (Å²) in [7, 11) is 0. The summed E-state index contributed by atoms with van der Waals surface area (Å²) in [4.78, 5) is 67.2. The van der Waals surface area contributed by atoms with Crippen molar-refractivity contribution in [2.75, 3.05) is 22.6 Å². The lowest BCUT2D eigenvalue weighted by Crippen LogP contribution is -2.63. The van der Waals surface area contributed by atoms with Crippen LogP contribution in [0.3, 0.4) is 0 Å². The average Bonchev–Trinajstić information content (AvgIpc) is 1.52. The van der Waals surface area contributed by atoms with Crippen LogP contribution in [0.25, 0.3) is 67.7 Å². The Bertz CT molecular complexity index is 5680. The summed E-state index contributed by atoms with van der Waals surface area (Å²) in [6.45, 7) is 4.12. The molecule has 106 heavy (non-hydrogen) atoms. The second-order valence-corrected chi connectivity index (χ2v) is 25.9. The van der Waals surface area contributed by atoms with E-state index in [9.17, 15) is 58.3 Å². The highest BCUT2D eigenvalue weighted by Crippen LogP contribution is 2.52. The third-order valence-corrected chi connectivity index (χ3v) is 18.5. The molecule has 0 saturated heterocycles. The predicted octanol–water partition coefficient (Wildman–Crippen LogP) is 11.0. The van der Waals surface area contributed by atoms with Crippen LogP contribution in [-0.2, 0) is 61.7 Å². The monoisotopic (exact) mass is 1450 g/mol. The number of alkyl halides is 5. The Kier molecular flexibility index (Phi) is 17.4. The number of anilines is 3. The topological polar surface area (TPSA) is 318 Å². The summed E-state index contributed by atoms with van der Waals surface area (Å²) in [5, 5.41) is 39.1. The molecular weight excluding hydrogens is 1400 g/mol. The van der Waals surface area contributed by atoms with E-state index < -0.39 is 69.0 Å². The number of nitrogens with one attached hydrogen (secondary N) is 3. The zero-order chi connectivity index (χ0) is 74.2. The molecule has 3 atom stereocenters. The van der Waals surface area contributed by atoms with Gasteiger partial charge in [0.25, 0.3) is 5.91 Å². The van der Waals surface area contributed by atoms with Crippen LogP contribution < -0.4 is 21.7 Å². The van der Waals surface area contributed by atoms with Crippen LogP contribution in [0.1, 0.15) is 72.3 Å². The van der Waals surface area contributed by atoms with E-state index in [-0.39, 0.29) is 84.2 Å². The molecular formula is C71H53F10N21O4. The maximum absolute atomic E-state index is 14.3. The number of nitrogens with two attached hydrogens (primary N) is 1. The van der Waals surface area contributed by atoms with Gasteiger partial charge in [-0.25, -0.2) is 70.9 Å². The van der Waals surface area contributed by atoms with Crippen LogP contribution >= 0.6 is 0 Å². The van der Waals surface area contributed by atoms with Crippen LogP contribution in [0.15, 0.2) is 152 Å². The number of aromatic nitrogens is 17. The van der Waals surface area contributed by atoms with Gasteiger partial charge in [0.1, 0.15) is 68.8 Å². The van der Waals surface area contributed by atoms with E-state index in [1.165, 1.54) is 56.6 Å². The lowest BCUT2D eigenvalue weighted by atomic mass is 9.82. The number of amides is 3. The summed E-state index contributed by atoms with van der Waals surface area (Å²) in [6.07, 6.45) is 1.07. The van der Waals surface area contributed by atoms with Crippen molar-refractivity contribution in [2.45, 2.75) is 87.8 Å². The van der Waals surface area contributed by atoms with Crippen molar-refractivity contribution >= 4 is 68.3 Å². The van der Waals surface area contributed by atoms with Crippen LogP contribution in [0.5, 0.6) is 0 Å². The van der Waals surface area contributed by atoms with Crippen molar-refractivity contribution in [3.8, 4) is 34.6 Å². The lowest BCUT2D eigenvalue weighted by molar-refractivity contribution is -0.303. The molecule has 9 aromatic heterocycles. The number of carbonyl (C=O) groups excluding carboxylic acids is 3. The Balaban J connectivity index is 0.000000128. The zero-order valence-electron chi connectivity index (χ0n) is 55.3. The second kappa shape index (κ2) is 26.6.